The number of benzene rings is 2. The van der Waals surface area contributed by atoms with Crippen molar-refractivity contribution in [2.75, 3.05) is 13.1 Å². The second kappa shape index (κ2) is 9.18. The molecule has 5 nitrogen and oxygen atoms in total. The van der Waals surface area contributed by atoms with Crippen molar-refractivity contribution in [3.05, 3.63) is 70.8 Å². The number of amides is 1. The molecule has 0 saturated carbocycles. The van der Waals surface area contributed by atoms with Crippen molar-refractivity contribution in [2.45, 2.75) is 37.7 Å². The van der Waals surface area contributed by atoms with Crippen LogP contribution in [-0.2, 0) is 28.5 Å². The van der Waals surface area contributed by atoms with Gasteiger partial charge in [-0.15, -0.1) is 0 Å². The van der Waals surface area contributed by atoms with E-state index in [-0.39, 0.29) is 12.3 Å². The smallest absolute Gasteiger partial charge is 0.348 e. The van der Waals surface area contributed by atoms with Crippen LogP contribution < -0.4 is 5.32 Å². The molecule has 1 saturated heterocycles. The highest BCUT2D eigenvalue weighted by molar-refractivity contribution is 7.88. The Balaban J connectivity index is 1.59. The first-order valence-corrected chi connectivity index (χ1v) is 11.3. The predicted octanol–water partition coefficient (Wildman–Crippen LogP) is 3.95. The van der Waals surface area contributed by atoms with Crippen molar-refractivity contribution in [1.82, 2.24) is 9.62 Å². The lowest BCUT2D eigenvalue weighted by atomic mass is 10.1. The monoisotopic (exact) mass is 440 g/mol. The number of carbonyl (C=O) groups excluding carboxylic acids is 1. The van der Waals surface area contributed by atoms with E-state index in [1.807, 2.05) is 0 Å². The lowest BCUT2D eigenvalue weighted by Gasteiger charge is -2.25. The van der Waals surface area contributed by atoms with Crippen LogP contribution in [0.2, 0.25) is 0 Å². The summed E-state index contributed by atoms with van der Waals surface area (Å²) in [5.74, 6) is -0.572. The zero-order valence-corrected chi connectivity index (χ0v) is 17.1. The van der Waals surface area contributed by atoms with Crippen LogP contribution in [0.5, 0.6) is 0 Å². The van der Waals surface area contributed by atoms with Gasteiger partial charge in [0.25, 0.3) is 5.91 Å². The largest absolute Gasteiger partial charge is 0.416 e. The summed E-state index contributed by atoms with van der Waals surface area (Å²) in [6.45, 7) is 1.03. The van der Waals surface area contributed by atoms with Gasteiger partial charge in [-0.2, -0.15) is 13.2 Å². The van der Waals surface area contributed by atoms with Crippen molar-refractivity contribution in [2.24, 2.45) is 0 Å². The van der Waals surface area contributed by atoms with E-state index < -0.39 is 27.7 Å². The Morgan fingerprint density at radius 1 is 0.967 bits per heavy atom. The summed E-state index contributed by atoms with van der Waals surface area (Å²) in [4.78, 5) is 12.3. The maximum atomic E-state index is 12.8. The molecule has 1 aliphatic heterocycles. The Bertz CT molecular complexity index is 983. The molecule has 1 amide bonds. The van der Waals surface area contributed by atoms with Gasteiger partial charge in [0.15, 0.2) is 0 Å². The zero-order valence-electron chi connectivity index (χ0n) is 16.3. The third kappa shape index (κ3) is 5.82. The average Bonchev–Trinajstić information content (AvgIpc) is 2.72. The van der Waals surface area contributed by atoms with Crippen molar-refractivity contribution in [1.29, 1.82) is 0 Å². The Morgan fingerprint density at radius 3 is 2.27 bits per heavy atom. The molecule has 9 heteroatoms. The van der Waals surface area contributed by atoms with Gasteiger partial charge >= 0.3 is 6.18 Å². The average molecular weight is 440 g/mol. The summed E-state index contributed by atoms with van der Waals surface area (Å²) >= 11 is 0. The zero-order chi connectivity index (χ0) is 21.8. The minimum Gasteiger partial charge on any atom is -0.348 e. The molecule has 0 spiro atoms. The van der Waals surface area contributed by atoms with E-state index in [9.17, 15) is 26.4 Å². The van der Waals surface area contributed by atoms with Gasteiger partial charge in [0.1, 0.15) is 0 Å². The molecule has 1 aliphatic rings. The number of nitrogens with zero attached hydrogens (tertiary/aromatic N) is 1. The van der Waals surface area contributed by atoms with Gasteiger partial charge in [-0.1, -0.05) is 30.7 Å². The molecule has 30 heavy (non-hydrogen) atoms. The maximum absolute atomic E-state index is 12.8. The number of hydrogen-bond acceptors (Lipinski definition) is 3. The van der Waals surface area contributed by atoms with Crippen molar-refractivity contribution in [3.63, 3.8) is 0 Å². The number of carbonyl (C=O) groups is 1. The van der Waals surface area contributed by atoms with Crippen LogP contribution in [0.4, 0.5) is 13.2 Å². The second-order valence-corrected chi connectivity index (χ2v) is 9.26. The number of alkyl halides is 3. The standard InChI is InChI=1S/C21H23F3N2O3S/c22-21(23,24)19-6-4-5-17(13-19)14-25-20(27)18-9-7-16(8-10-18)15-30(28,29)26-11-2-1-3-12-26/h4-10,13H,1-3,11-12,14-15H2,(H,25,27). The van der Waals surface area contributed by atoms with Crippen molar-refractivity contribution >= 4 is 15.9 Å². The van der Waals surface area contributed by atoms with Gasteiger partial charge < -0.3 is 5.32 Å². The third-order valence-electron chi connectivity index (χ3n) is 4.98. The quantitative estimate of drug-likeness (QED) is 0.740. The predicted molar refractivity (Wildman–Crippen MR) is 107 cm³/mol. The fraction of sp³-hybridized carbons (Fsp3) is 0.381. The Labute approximate surface area is 173 Å². The Kier molecular flexibility index (Phi) is 6.82. The minimum atomic E-state index is -4.44. The maximum Gasteiger partial charge on any atom is 0.416 e. The molecular formula is C21H23F3N2O3S. The molecule has 0 bridgehead atoms. The second-order valence-electron chi connectivity index (χ2n) is 7.29. The van der Waals surface area contributed by atoms with Crippen LogP contribution in [0.15, 0.2) is 48.5 Å². The summed E-state index contributed by atoms with van der Waals surface area (Å²) < 4.78 is 64.8. The molecule has 1 heterocycles. The normalized spacial score (nSPS) is 15.7. The highest BCUT2D eigenvalue weighted by Crippen LogP contribution is 2.29. The molecule has 2 aromatic carbocycles. The molecule has 0 atom stereocenters. The van der Waals surface area contributed by atoms with Gasteiger partial charge in [-0.3, -0.25) is 4.79 Å². The lowest BCUT2D eigenvalue weighted by Crippen LogP contribution is -2.36. The van der Waals surface area contributed by atoms with Crippen molar-refractivity contribution in [3.8, 4) is 0 Å². The van der Waals surface area contributed by atoms with E-state index in [4.69, 9.17) is 0 Å². The third-order valence-corrected chi connectivity index (χ3v) is 6.83. The molecule has 1 fully saturated rings. The summed E-state index contributed by atoms with van der Waals surface area (Å²) in [6, 6.07) is 11.0. The Hall–Kier alpha value is -2.39. The molecule has 1 N–H and O–H groups in total. The molecule has 162 valence electrons. The van der Waals surface area contributed by atoms with E-state index in [0.29, 0.717) is 29.8 Å². The van der Waals surface area contributed by atoms with Crippen LogP contribution in [0.25, 0.3) is 0 Å². The fourth-order valence-corrected chi connectivity index (χ4v) is 4.95. The van der Waals surface area contributed by atoms with Crippen molar-refractivity contribution < 1.29 is 26.4 Å². The van der Waals surface area contributed by atoms with Gasteiger partial charge in [-0.25, -0.2) is 12.7 Å². The first-order valence-electron chi connectivity index (χ1n) is 9.66. The van der Waals surface area contributed by atoms with Gasteiger partial charge in [0.05, 0.1) is 11.3 Å². The van der Waals surface area contributed by atoms with Crippen LogP contribution in [0, 0.1) is 0 Å². The SMILES string of the molecule is O=C(NCc1cccc(C(F)(F)F)c1)c1ccc(CS(=O)(=O)N2CCCCC2)cc1. The summed E-state index contributed by atoms with van der Waals surface area (Å²) in [7, 11) is -3.39. The molecule has 2 aromatic rings. The number of rotatable bonds is 6. The molecule has 0 radical (unpaired) electrons. The summed E-state index contributed by atoms with van der Waals surface area (Å²) in [5.41, 5.74) is 0.451. The highest BCUT2D eigenvalue weighted by Gasteiger charge is 2.30. The molecular weight excluding hydrogens is 417 g/mol. The van der Waals surface area contributed by atoms with Crippen LogP contribution in [0.1, 0.15) is 46.3 Å². The number of halogens is 3. The number of nitrogens with one attached hydrogen (secondary N) is 1. The topological polar surface area (TPSA) is 66.5 Å². The van der Waals surface area contributed by atoms with Gasteiger partial charge in [-0.05, 0) is 48.2 Å². The molecule has 0 aliphatic carbocycles. The summed E-state index contributed by atoms with van der Waals surface area (Å²) in [5, 5.41) is 2.58. The fourth-order valence-electron chi connectivity index (χ4n) is 3.34. The Morgan fingerprint density at radius 2 is 1.63 bits per heavy atom. The van der Waals surface area contributed by atoms with Crippen LogP contribution in [0.3, 0.4) is 0 Å². The first kappa shape index (κ1) is 22.3. The van der Waals surface area contributed by atoms with Crippen LogP contribution >= 0.6 is 0 Å². The molecule has 0 aromatic heterocycles. The highest BCUT2D eigenvalue weighted by atomic mass is 32.2. The van der Waals surface area contributed by atoms with Gasteiger partial charge in [0, 0.05) is 25.2 Å². The number of piperidine rings is 1. The number of sulfonamides is 1. The van der Waals surface area contributed by atoms with Gasteiger partial charge in [0.2, 0.25) is 10.0 Å². The van der Waals surface area contributed by atoms with E-state index in [1.165, 1.54) is 28.6 Å². The minimum absolute atomic E-state index is 0.0478. The van der Waals surface area contributed by atoms with E-state index in [0.717, 1.165) is 31.4 Å². The first-order chi connectivity index (χ1) is 14.1. The van der Waals surface area contributed by atoms with E-state index >= 15 is 0 Å². The van der Waals surface area contributed by atoms with Crippen LogP contribution in [-0.4, -0.2) is 31.7 Å². The lowest BCUT2D eigenvalue weighted by molar-refractivity contribution is -0.137. The molecule has 0 unspecified atom stereocenters. The van der Waals surface area contributed by atoms with E-state index in [1.54, 1.807) is 12.1 Å². The molecule has 3 rings (SSSR count). The summed E-state index contributed by atoms with van der Waals surface area (Å²) in [6.07, 6.45) is -1.67. The number of hydrogen-bond donors (Lipinski definition) is 1. The van der Waals surface area contributed by atoms with E-state index in [2.05, 4.69) is 5.32 Å².